The predicted molar refractivity (Wildman–Crippen MR) is 72.1 cm³/mol. The van der Waals surface area contributed by atoms with Gasteiger partial charge in [0.15, 0.2) is 0 Å². The van der Waals surface area contributed by atoms with Crippen LogP contribution in [0, 0.1) is 0 Å². The number of benzene rings is 1. The highest BCUT2D eigenvalue weighted by Gasteiger charge is 2.26. The maximum atomic E-state index is 6.04. The van der Waals surface area contributed by atoms with Crippen LogP contribution in [-0.4, -0.2) is 9.97 Å². The van der Waals surface area contributed by atoms with Crippen molar-refractivity contribution in [2.75, 3.05) is 11.5 Å². The Balaban J connectivity index is 2.12. The van der Waals surface area contributed by atoms with Crippen LogP contribution in [0.3, 0.4) is 0 Å². The minimum atomic E-state index is 0.278. The standard InChI is InChI=1S/C14H16N4/c15-13-12-10(9-5-2-1-3-6-9)7-4-8-11(12)17-14(16)18-13/h1-3,5-6,10H,4,7-8H2,(H4,15,16,17,18). The van der Waals surface area contributed by atoms with Gasteiger partial charge >= 0.3 is 0 Å². The summed E-state index contributed by atoms with van der Waals surface area (Å²) in [7, 11) is 0. The Labute approximate surface area is 106 Å². The number of aryl methyl sites for hydroxylation is 1. The number of fused-ring (bicyclic) bond motifs is 1. The van der Waals surface area contributed by atoms with Crippen molar-refractivity contribution < 1.29 is 0 Å². The number of nitrogens with two attached hydrogens (primary N) is 2. The smallest absolute Gasteiger partial charge is 0.222 e. The average Bonchev–Trinajstić information content (AvgIpc) is 2.38. The molecule has 1 aromatic heterocycles. The van der Waals surface area contributed by atoms with Gasteiger partial charge in [0.2, 0.25) is 5.95 Å². The van der Waals surface area contributed by atoms with Crippen molar-refractivity contribution in [2.24, 2.45) is 0 Å². The van der Waals surface area contributed by atoms with E-state index in [2.05, 4.69) is 34.2 Å². The van der Waals surface area contributed by atoms with Gasteiger partial charge in [0.05, 0.1) is 5.69 Å². The van der Waals surface area contributed by atoms with Crippen LogP contribution in [-0.2, 0) is 6.42 Å². The van der Waals surface area contributed by atoms with Crippen molar-refractivity contribution in [3.05, 3.63) is 47.2 Å². The topological polar surface area (TPSA) is 77.8 Å². The van der Waals surface area contributed by atoms with Gasteiger partial charge in [-0.2, -0.15) is 4.98 Å². The van der Waals surface area contributed by atoms with Crippen molar-refractivity contribution in [1.29, 1.82) is 0 Å². The second kappa shape index (κ2) is 4.29. The molecule has 4 heteroatoms. The summed E-state index contributed by atoms with van der Waals surface area (Å²) in [6, 6.07) is 10.4. The molecule has 3 rings (SSSR count). The van der Waals surface area contributed by atoms with E-state index in [1.807, 2.05) is 6.07 Å². The van der Waals surface area contributed by atoms with Gasteiger partial charge in [0.1, 0.15) is 5.82 Å². The van der Waals surface area contributed by atoms with E-state index in [1.54, 1.807) is 0 Å². The van der Waals surface area contributed by atoms with E-state index < -0.39 is 0 Å². The van der Waals surface area contributed by atoms with Crippen LogP contribution in [0.2, 0.25) is 0 Å². The molecule has 2 aromatic rings. The van der Waals surface area contributed by atoms with Crippen LogP contribution in [0.25, 0.3) is 0 Å². The molecule has 0 radical (unpaired) electrons. The molecule has 0 amide bonds. The first-order valence-electron chi connectivity index (χ1n) is 6.22. The molecule has 0 fully saturated rings. The summed E-state index contributed by atoms with van der Waals surface area (Å²) in [5.74, 6) is 1.11. The quantitative estimate of drug-likeness (QED) is 0.800. The van der Waals surface area contributed by atoms with Crippen LogP contribution < -0.4 is 11.5 Å². The molecule has 0 saturated carbocycles. The van der Waals surface area contributed by atoms with Gasteiger partial charge in [-0.1, -0.05) is 30.3 Å². The maximum absolute atomic E-state index is 6.04. The highest BCUT2D eigenvalue weighted by molar-refractivity contribution is 5.52. The Bertz CT molecular complexity index is 566. The molecular formula is C14H16N4. The van der Waals surface area contributed by atoms with E-state index in [0.29, 0.717) is 11.7 Å². The number of nitrogens with zero attached hydrogens (tertiary/aromatic N) is 2. The number of rotatable bonds is 1. The largest absolute Gasteiger partial charge is 0.383 e. The second-order valence-corrected chi connectivity index (χ2v) is 4.68. The summed E-state index contributed by atoms with van der Waals surface area (Å²) < 4.78 is 0. The Morgan fingerprint density at radius 1 is 1.06 bits per heavy atom. The van der Waals surface area contributed by atoms with E-state index in [1.165, 1.54) is 5.56 Å². The molecule has 1 atom stereocenters. The second-order valence-electron chi connectivity index (χ2n) is 4.68. The van der Waals surface area contributed by atoms with Crippen LogP contribution in [0.15, 0.2) is 30.3 Å². The normalized spacial score (nSPS) is 18.3. The third-order valence-electron chi connectivity index (χ3n) is 3.53. The van der Waals surface area contributed by atoms with E-state index in [4.69, 9.17) is 11.5 Å². The lowest BCUT2D eigenvalue weighted by Gasteiger charge is -2.26. The number of aromatic nitrogens is 2. The molecule has 18 heavy (non-hydrogen) atoms. The molecule has 0 bridgehead atoms. The molecule has 1 heterocycles. The fourth-order valence-electron chi connectivity index (χ4n) is 2.76. The minimum Gasteiger partial charge on any atom is -0.383 e. The van der Waals surface area contributed by atoms with E-state index in [9.17, 15) is 0 Å². The molecule has 0 saturated heterocycles. The van der Waals surface area contributed by atoms with Crippen molar-refractivity contribution in [1.82, 2.24) is 9.97 Å². The van der Waals surface area contributed by atoms with Gasteiger partial charge in [0.25, 0.3) is 0 Å². The zero-order valence-corrected chi connectivity index (χ0v) is 10.1. The van der Waals surface area contributed by atoms with Gasteiger partial charge in [0, 0.05) is 11.5 Å². The molecular weight excluding hydrogens is 224 g/mol. The van der Waals surface area contributed by atoms with Crippen molar-refractivity contribution in [2.45, 2.75) is 25.2 Å². The van der Waals surface area contributed by atoms with Crippen LogP contribution in [0.4, 0.5) is 11.8 Å². The molecule has 1 unspecified atom stereocenters. The summed E-state index contributed by atoms with van der Waals surface area (Å²) >= 11 is 0. The molecule has 0 aliphatic heterocycles. The van der Waals surface area contributed by atoms with Gasteiger partial charge in [-0.05, 0) is 24.8 Å². The average molecular weight is 240 g/mol. The van der Waals surface area contributed by atoms with Crippen molar-refractivity contribution >= 4 is 11.8 Å². The molecule has 4 N–H and O–H groups in total. The molecule has 1 aliphatic carbocycles. The first-order valence-corrected chi connectivity index (χ1v) is 6.22. The predicted octanol–water partition coefficient (Wildman–Crippen LogP) is 2.11. The lowest BCUT2D eigenvalue weighted by molar-refractivity contribution is 0.602. The van der Waals surface area contributed by atoms with Crippen LogP contribution >= 0.6 is 0 Å². The summed E-state index contributed by atoms with van der Waals surface area (Å²) in [4.78, 5) is 8.44. The number of hydrogen-bond acceptors (Lipinski definition) is 4. The lowest BCUT2D eigenvalue weighted by Crippen LogP contribution is -2.17. The van der Waals surface area contributed by atoms with Gasteiger partial charge < -0.3 is 11.5 Å². The lowest BCUT2D eigenvalue weighted by atomic mass is 9.81. The van der Waals surface area contributed by atoms with Gasteiger partial charge in [-0.3, -0.25) is 0 Å². The SMILES string of the molecule is Nc1nc(N)c2c(n1)CCCC2c1ccccc1. The zero-order chi connectivity index (χ0) is 12.5. The fraction of sp³-hybridized carbons (Fsp3) is 0.286. The summed E-state index contributed by atoms with van der Waals surface area (Å²) in [6.07, 6.45) is 3.15. The Morgan fingerprint density at radius 3 is 2.61 bits per heavy atom. The maximum Gasteiger partial charge on any atom is 0.222 e. The molecule has 92 valence electrons. The summed E-state index contributed by atoms with van der Waals surface area (Å²) in [5, 5.41) is 0. The highest BCUT2D eigenvalue weighted by Crippen LogP contribution is 2.38. The Kier molecular flexibility index (Phi) is 2.63. The van der Waals surface area contributed by atoms with Crippen LogP contribution in [0.1, 0.15) is 35.6 Å². The third-order valence-corrected chi connectivity index (χ3v) is 3.53. The molecule has 1 aromatic carbocycles. The van der Waals surface area contributed by atoms with E-state index >= 15 is 0 Å². The minimum absolute atomic E-state index is 0.278. The number of nitrogen functional groups attached to an aromatic ring is 2. The summed E-state index contributed by atoms with van der Waals surface area (Å²) in [5.41, 5.74) is 15.1. The van der Waals surface area contributed by atoms with Crippen molar-refractivity contribution in [3.63, 3.8) is 0 Å². The molecule has 1 aliphatic rings. The highest BCUT2D eigenvalue weighted by atomic mass is 15.0. The number of hydrogen-bond donors (Lipinski definition) is 2. The third kappa shape index (κ3) is 1.79. The van der Waals surface area contributed by atoms with Gasteiger partial charge in [-0.15, -0.1) is 0 Å². The molecule has 4 nitrogen and oxygen atoms in total. The number of anilines is 2. The Hall–Kier alpha value is -2.10. The van der Waals surface area contributed by atoms with E-state index in [0.717, 1.165) is 30.5 Å². The Morgan fingerprint density at radius 2 is 1.83 bits per heavy atom. The summed E-state index contributed by atoms with van der Waals surface area (Å²) in [6.45, 7) is 0. The first-order chi connectivity index (χ1) is 8.75. The molecule has 0 spiro atoms. The monoisotopic (exact) mass is 240 g/mol. The zero-order valence-electron chi connectivity index (χ0n) is 10.1. The van der Waals surface area contributed by atoms with Gasteiger partial charge in [-0.25, -0.2) is 4.98 Å². The first kappa shape index (κ1) is 11.0. The fourth-order valence-corrected chi connectivity index (χ4v) is 2.76. The van der Waals surface area contributed by atoms with E-state index in [-0.39, 0.29) is 5.95 Å². The van der Waals surface area contributed by atoms with Crippen molar-refractivity contribution in [3.8, 4) is 0 Å². The van der Waals surface area contributed by atoms with Crippen LogP contribution in [0.5, 0.6) is 0 Å².